The van der Waals surface area contributed by atoms with Gasteiger partial charge in [0.15, 0.2) is 0 Å². The Hall–Kier alpha value is -0.610. The third-order valence-corrected chi connectivity index (χ3v) is 3.09. The number of aromatic nitrogens is 1. The predicted octanol–water partition coefficient (Wildman–Crippen LogP) is 2.55. The topological polar surface area (TPSA) is 34.0 Å². The lowest BCUT2D eigenvalue weighted by atomic mass is 10.1. The van der Waals surface area contributed by atoms with Crippen LogP contribution in [-0.4, -0.2) is 17.7 Å². The molecule has 0 aliphatic heterocycles. The summed E-state index contributed by atoms with van der Waals surface area (Å²) >= 11 is 3.43. The molecule has 1 atom stereocenters. The molecule has 1 aromatic rings. The highest BCUT2D eigenvalue weighted by atomic mass is 79.9. The zero-order valence-electron chi connectivity index (χ0n) is 10.8. The van der Waals surface area contributed by atoms with Crippen LogP contribution >= 0.6 is 15.9 Å². The molecule has 3 nitrogen and oxygen atoms in total. The van der Waals surface area contributed by atoms with Crippen LogP contribution in [0.3, 0.4) is 0 Å². The molecule has 0 radical (unpaired) electrons. The summed E-state index contributed by atoms with van der Waals surface area (Å²) in [4.78, 5) is 11.9. The van der Waals surface area contributed by atoms with E-state index >= 15 is 0 Å². The SMILES string of the molecule is CCCNCC(C)Cn1cc(Br)cc(C)c1=O. The Morgan fingerprint density at radius 1 is 1.53 bits per heavy atom. The molecule has 96 valence electrons. The summed E-state index contributed by atoms with van der Waals surface area (Å²) in [6.45, 7) is 8.91. The van der Waals surface area contributed by atoms with E-state index in [9.17, 15) is 4.79 Å². The lowest BCUT2D eigenvalue weighted by molar-refractivity contribution is 0.438. The zero-order chi connectivity index (χ0) is 12.8. The predicted molar refractivity (Wildman–Crippen MR) is 75.5 cm³/mol. The first-order valence-electron chi connectivity index (χ1n) is 6.12. The molecular weight excluding hydrogens is 280 g/mol. The molecule has 0 spiro atoms. The maximum atomic E-state index is 11.9. The first-order valence-corrected chi connectivity index (χ1v) is 6.91. The number of hydrogen-bond donors (Lipinski definition) is 1. The molecule has 0 aliphatic carbocycles. The van der Waals surface area contributed by atoms with Crippen molar-refractivity contribution in [2.45, 2.75) is 33.7 Å². The molecule has 0 amide bonds. The minimum absolute atomic E-state index is 0.107. The van der Waals surface area contributed by atoms with Crippen LogP contribution in [0, 0.1) is 12.8 Å². The van der Waals surface area contributed by atoms with Gasteiger partial charge in [-0.2, -0.15) is 0 Å². The van der Waals surface area contributed by atoms with Crippen molar-refractivity contribution in [2.24, 2.45) is 5.92 Å². The average molecular weight is 301 g/mol. The van der Waals surface area contributed by atoms with Crippen LogP contribution in [0.4, 0.5) is 0 Å². The molecule has 17 heavy (non-hydrogen) atoms. The molecule has 0 saturated carbocycles. The largest absolute Gasteiger partial charge is 0.316 e. The Morgan fingerprint density at radius 3 is 2.88 bits per heavy atom. The second kappa shape index (κ2) is 6.97. The standard InChI is InChI=1S/C13H21BrN2O/c1-4-5-15-7-10(2)8-16-9-12(14)6-11(3)13(16)17/h6,9-10,15H,4-5,7-8H2,1-3H3. The number of nitrogens with one attached hydrogen (secondary N) is 1. The van der Waals surface area contributed by atoms with E-state index in [1.165, 1.54) is 0 Å². The normalized spacial score (nSPS) is 12.7. The quantitative estimate of drug-likeness (QED) is 0.819. The third-order valence-electron chi connectivity index (χ3n) is 2.66. The van der Waals surface area contributed by atoms with Crippen molar-refractivity contribution in [1.29, 1.82) is 0 Å². The molecule has 0 aromatic carbocycles. The van der Waals surface area contributed by atoms with Gasteiger partial charge >= 0.3 is 0 Å². The first kappa shape index (κ1) is 14.5. The van der Waals surface area contributed by atoms with E-state index in [4.69, 9.17) is 0 Å². The van der Waals surface area contributed by atoms with Crippen LogP contribution in [0.5, 0.6) is 0 Å². The van der Waals surface area contributed by atoms with Gasteiger partial charge in [0.1, 0.15) is 0 Å². The highest BCUT2D eigenvalue weighted by Crippen LogP contribution is 2.09. The summed E-state index contributed by atoms with van der Waals surface area (Å²) < 4.78 is 2.75. The van der Waals surface area contributed by atoms with Crippen LogP contribution in [0.15, 0.2) is 21.5 Å². The molecule has 4 heteroatoms. The van der Waals surface area contributed by atoms with Crippen molar-refractivity contribution in [3.63, 3.8) is 0 Å². The molecule has 1 rings (SSSR count). The van der Waals surface area contributed by atoms with Crippen molar-refractivity contribution in [1.82, 2.24) is 9.88 Å². The molecule has 1 N–H and O–H groups in total. The van der Waals surface area contributed by atoms with Crippen LogP contribution in [0.25, 0.3) is 0 Å². The van der Waals surface area contributed by atoms with Gasteiger partial charge in [-0.05, 0) is 54.3 Å². The van der Waals surface area contributed by atoms with Gasteiger partial charge in [0.2, 0.25) is 0 Å². The number of aryl methyl sites for hydroxylation is 1. The second-order valence-corrected chi connectivity index (χ2v) is 5.52. The van der Waals surface area contributed by atoms with Crippen molar-refractivity contribution < 1.29 is 0 Å². The van der Waals surface area contributed by atoms with Crippen molar-refractivity contribution >= 4 is 15.9 Å². The van der Waals surface area contributed by atoms with Gasteiger partial charge in [-0.3, -0.25) is 4.79 Å². The fourth-order valence-corrected chi connectivity index (χ4v) is 2.39. The number of pyridine rings is 1. The molecule has 0 aliphatic rings. The summed E-state index contributed by atoms with van der Waals surface area (Å²) in [5, 5.41) is 3.38. The van der Waals surface area contributed by atoms with Crippen molar-refractivity contribution in [3.8, 4) is 0 Å². The molecular formula is C13H21BrN2O. The van der Waals surface area contributed by atoms with Gasteiger partial charge in [0, 0.05) is 22.8 Å². The van der Waals surface area contributed by atoms with Gasteiger partial charge in [-0.1, -0.05) is 13.8 Å². The summed E-state index contributed by atoms with van der Waals surface area (Å²) in [7, 11) is 0. The Morgan fingerprint density at radius 2 is 2.24 bits per heavy atom. The van der Waals surface area contributed by atoms with Gasteiger partial charge < -0.3 is 9.88 Å². The fourth-order valence-electron chi connectivity index (χ4n) is 1.80. The lowest BCUT2D eigenvalue weighted by Crippen LogP contribution is -2.29. The van der Waals surface area contributed by atoms with Gasteiger partial charge in [0.25, 0.3) is 5.56 Å². The maximum absolute atomic E-state index is 11.9. The molecule has 1 unspecified atom stereocenters. The zero-order valence-corrected chi connectivity index (χ0v) is 12.4. The lowest BCUT2D eigenvalue weighted by Gasteiger charge is -2.15. The molecule has 0 fully saturated rings. The van der Waals surface area contributed by atoms with E-state index in [0.717, 1.165) is 36.1 Å². The number of nitrogens with zero attached hydrogens (tertiary/aromatic N) is 1. The summed E-state index contributed by atoms with van der Waals surface area (Å²) in [5.41, 5.74) is 0.892. The van der Waals surface area contributed by atoms with E-state index in [1.807, 2.05) is 19.2 Å². The van der Waals surface area contributed by atoms with Crippen LogP contribution in [-0.2, 0) is 6.54 Å². The Balaban J connectivity index is 2.65. The number of hydrogen-bond acceptors (Lipinski definition) is 2. The van der Waals surface area contributed by atoms with Gasteiger partial charge in [-0.25, -0.2) is 0 Å². The maximum Gasteiger partial charge on any atom is 0.253 e. The Kier molecular flexibility index (Phi) is 5.92. The van der Waals surface area contributed by atoms with Gasteiger partial charge in [0.05, 0.1) is 0 Å². The Labute approximate surface area is 111 Å². The van der Waals surface area contributed by atoms with E-state index in [-0.39, 0.29) is 5.56 Å². The summed E-state index contributed by atoms with van der Waals surface area (Å²) in [5.74, 6) is 0.452. The minimum atomic E-state index is 0.107. The average Bonchev–Trinajstić information content (AvgIpc) is 2.25. The van der Waals surface area contributed by atoms with Crippen molar-refractivity contribution in [2.75, 3.05) is 13.1 Å². The highest BCUT2D eigenvalue weighted by molar-refractivity contribution is 9.10. The molecule has 1 aromatic heterocycles. The molecule has 0 saturated heterocycles. The number of halogens is 1. The third kappa shape index (κ3) is 4.64. The first-order chi connectivity index (χ1) is 8.04. The van der Waals surface area contributed by atoms with Crippen LogP contribution < -0.4 is 10.9 Å². The Bertz CT molecular complexity index is 414. The van der Waals surface area contributed by atoms with E-state index in [0.29, 0.717) is 5.92 Å². The molecule has 0 bridgehead atoms. The minimum Gasteiger partial charge on any atom is -0.316 e. The van der Waals surface area contributed by atoms with E-state index < -0.39 is 0 Å². The van der Waals surface area contributed by atoms with Crippen molar-refractivity contribution in [3.05, 3.63) is 32.7 Å². The second-order valence-electron chi connectivity index (χ2n) is 4.61. The summed E-state index contributed by atoms with van der Waals surface area (Å²) in [6.07, 6.45) is 3.01. The van der Waals surface area contributed by atoms with Crippen LogP contribution in [0.1, 0.15) is 25.8 Å². The van der Waals surface area contributed by atoms with E-state index in [1.54, 1.807) is 4.57 Å². The number of rotatable bonds is 6. The van der Waals surface area contributed by atoms with E-state index in [2.05, 4.69) is 35.1 Å². The summed E-state index contributed by atoms with van der Waals surface area (Å²) in [6, 6.07) is 1.86. The fraction of sp³-hybridized carbons (Fsp3) is 0.615. The molecule has 1 heterocycles. The smallest absolute Gasteiger partial charge is 0.253 e. The highest BCUT2D eigenvalue weighted by Gasteiger charge is 2.06. The van der Waals surface area contributed by atoms with Crippen LogP contribution in [0.2, 0.25) is 0 Å². The monoisotopic (exact) mass is 300 g/mol. The van der Waals surface area contributed by atoms with Gasteiger partial charge in [-0.15, -0.1) is 0 Å².